The van der Waals surface area contributed by atoms with Crippen LogP contribution in [0.2, 0.25) is 0 Å². The van der Waals surface area contributed by atoms with E-state index in [1.54, 1.807) is 18.2 Å². The van der Waals surface area contributed by atoms with Crippen LogP contribution in [0.4, 0.5) is 0 Å². The average Bonchev–Trinajstić information content (AvgIpc) is 4.28. The molecule has 1 saturated carbocycles. The van der Waals surface area contributed by atoms with Crippen LogP contribution in [0.3, 0.4) is 0 Å². The minimum absolute atomic E-state index is 0.00896. The lowest BCUT2D eigenvalue weighted by Crippen LogP contribution is -2.45. The number of benzene rings is 4. The van der Waals surface area contributed by atoms with Gasteiger partial charge in [0.1, 0.15) is 0 Å². The molecule has 1 aliphatic carbocycles. The van der Waals surface area contributed by atoms with Gasteiger partial charge in [0.2, 0.25) is 32.0 Å². The van der Waals surface area contributed by atoms with Crippen LogP contribution >= 0.6 is 0 Å². The number of carbonyl (C=O) groups excluding carboxylic acids is 5. The Morgan fingerprint density at radius 3 is 1.89 bits per heavy atom. The number of ketones is 1. The Balaban J connectivity index is 0.000000219. The second-order valence-electron chi connectivity index (χ2n) is 16.6. The Bertz CT molecular complexity index is 2510. The predicted molar refractivity (Wildman–Crippen MR) is 261 cm³/mol. The van der Waals surface area contributed by atoms with Gasteiger partial charge in [0.15, 0.2) is 64.4 Å². The summed E-state index contributed by atoms with van der Waals surface area (Å²) >= 11 is 0. The monoisotopic (exact) mass is 980 g/mol. The number of nitrogens with one attached hydrogen (secondary N) is 2. The van der Waals surface area contributed by atoms with E-state index in [0.29, 0.717) is 60.5 Å². The van der Waals surface area contributed by atoms with Crippen molar-refractivity contribution in [2.45, 2.75) is 98.2 Å². The number of aromatic hydroxyl groups is 2. The van der Waals surface area contributed by atoms with E-state index in [1.807, 2.05) is 64.1 Å². The first kappa shape index (κ1) is 54.3. The highest BCUT2D eigenvalue weighted by Crippen LogP contribution is 2.37. The number of Topliss-reactive ketones (excluding diaryl/α,β-unsaturated/α-hetero) is 1. The number of rotatable bonds is 15. The molecule has 18 nitrogen and oxygen atoms in total. The average molecular weight is 981 g/mol. The fraction of sp³-hybridized carbons (Fsp3) is 0.396. The second kappa shape index (κ2) is 28.2. The summed E-state index contributed by atoms with van der Waals surface area (Å²) in [5, 5.41) is 27.2. The van der Waals surface area contributed by atoms with Gasteiger partial charge in [-0.25, -0.2) is 0 Å². The molecule has 0 unspecified atom stereocenters. The van der Waals surface area contributed by atoms with Crippen molar-refractivity contribution in [3.63, 3.8) is 0 Å². The van der Waals surface area contributed by atoms with Crippen molar-refractivity contribution in [2.24, 2.45) is 23.5 Å². The van der Waals surface area contributed by atoms with Crippen LogP contribution < -0.4 is 44.8 Å². The molecule has 0 radical (unpaired) electrons. The molecule has 4 aliphatic rings. The van der Waals surface area contributed by atoms with E-state index in [2.05, 4.69) is 15.8 Å². The van der Waals surface area contributed by atoms with Gasteiger partial charge in [-0.1, -0.05) is 108 Å². The molecule has 18 heteroatoms. The molecule has 4 aromatic carbocycles. The molecular weight excluding hydrogens is 917 g/mol. The maximum Gasteiger partial charge on any atom is 0.290 e. The lowest BCUT2D eigenvalue weighted by Gasteiger charge is -2.28. The summed E-state index contributed by atoms with van der Waals surface area (Å²) in [5.41, 5.74) is 7.95. The van der Waals surface area contributed by atoms with Crippen molar-refractivity contribution in [2.75, 3.05) is 20.4 Å². The topological polar surface area (TPSA) is 257 Å². The van der Waals surface area contributed by atoms with E-state index in [1.165, 1.54) is 36.9 Å². The Kier molecular flexibility index (Phi) is 21.6. The first-order valence-corrected chi connectivity index (χ1v) is 23.8. The summed E-state index contributed by atoms with van der Waals surface area (Å²) in [6, 6.07) is 21.5. The molecule has 5 aromatic rings. The van der Waals surface area contributed by atoms with Crippen LogP contribution in [0.25, 0.3) is 0 Å². The number of fused-ring (bicyclic) bond motifs is 3. The molecule has 0 spiro atoms. The fourth-order valence-corrected chi connectivity index (χ4v) is 8.07. The first-order chi connectivity index (χ1) is 34.5. The maximum atomic E-state index is 13.6. The molecule has 1 fully saturated rings. The summed E-state index contributed by atoms with van der Waals surface area (Å²) < 4.78 is 36.5. The zero-order chi connectivity index (χ0) is 51.1. The molecule has 0 bridgehead atoms. The zero-order valence-electron chi connectivity index (χ0n) is 40.6. The second-order valence-corrected chi connectivity index (χ2v) is 16.6. The molecule has 2 amide bonds. The zero-order valence-corrected chi connectivity index (χ0v) is 40.6. The quantitative estimate of drug-likeness (QED) is 0.0487. The van der Waals surface area contributed by atoms with Crippen molar-refractivity contribution in [3.8, 4) is 46.0 Å². The number of nitrogens with zero attached hydrogens (tertiary/aromatic N) is 1. The van der Waals surface area contributed by atoms with Gasteiger partial charge in [-0.05, 0) is 54.7 Å². The lowest BCUT2D eigenvalue weighted by molar-refractivity contribution is -0.132. The number of amides is 2. The number of hydrogen-bond donors (Lipinski definition) is 5. The smallest absolute Gasteiger partial charge is 0.290 e. The summed E-state index contributed by atoms with van der Waals surface area (Å²) in [6.07, 6.45) is 9.59. The fourth-order valence-electron chi connectivity index (χ4n) is 8.07. The lowest BCUT2D eigenvalue weighted by atomic mass is 9.81. The summed E-state index contributed by atoms with van der Waals surface area (Å²) in [5.74, 6) is 2.62. The molecule has 9 rings (SSSR count). The number of carbonyl (C=O) groups is 5. The van der Waals surface area contributed by atoms with Gasteiger partial charge >= 0.3 is 0 Å². The molecule has 6 N–H and O–H groups in total. The van der Waals surface area contributed by atoms with Gasteiger partial charge in [0.05, 0.1) is 23.4 Å². The third-order valence-corrected chi connectivity index (χ3v) is 12.1. The van der Waals surface area contributed by atoms with Crippen molar-refractivity contribution in [1.82, 2.24) is 15.8 Å². The standard InChI is InChI=1S/C28H37N3O6.C8H9NO2.C8H6O3.C7H6O3.C2H6/c1-3-18(2)21(27(33)29-16-20-10-7-11-24-26(20)36-17-35-24)15-23(32)22(14-19-8-5-4-6-9-19)31-28(34)25-12-13-30-37-25;2*9-4-6-2-1-3-7-8(6)11-5-10-7;8-4-5-2-1-3-6(9)7(5)10;1-2/h7,10-13,18-19,21-22H,3-6,8-9,14-17H2,1-2H3,(H,29,33)(H,31,34);1-3H,4-5,9H2;1-4H,5H2;1-4,9-10H;1-2H3/t18-,21-,22-;;;;/m0..../s1. The molecule has 3 aliphatic heterocycles. The maximum absolute atomic E-state index is 13.6. The largest absolute Gasteiger partial charge is 0.504 e. The number of ether oxygens (including phenoxy) is 6. The summed E-state index contributed by atoms with van der Waals surface area (Å²) in [6.45, 7) is 9.44. The molecule has 3 atom stereocenters. The molecule has 71 heavy (non-hydrogen) atoms. The minimum Gasteiger partial charge on any atom is -0.504 e. The van der Waals surface area contributed by atoms with Gasteiger partial charge in [0, 0.05) is 42.6 Å². The van der Waals surface area contributed by atoms with Crippen molar-refractivity contribution >= 4 is 30.2 Å². The highest BCUT2D eigenvalue weighted by atomic mass is 16.7. The number of para-hydroxylation sites is 4. The van der Waals surface area contributed by atoms with E-state index < -0.39 is 17.9 Å². The number of aromatic nitrogens is 1. The molecule has 0 saturated heterocycles. The van der Waals surface area contributed by atoms with Gasteiger partial charge in [-0.2, -0.15) is 0 Å². The Morgan fingerprint density at radius 1 is 0.746 bits per heavy atom. The van der Waals surface area contributed by atoms with Crippen LogP contribution in [-0.2, 0) is 22.7 Å². The van der Waals surface area contributed by atoms with Gasteiger partial charge in [-0.15, -0.1) is 0 Å². The van der Waals surface area contributed by atoms with E-state index in [0.717, 1.165) is 61.0 Å². The van der Waals surface area contributed by atoms with Gasteiger partial charge < -0.3 is 59.5 Å². The number of phenols is 2. The molecular formula is C53H64N4O14. The normalized spacial score (nSPS) is 14.7. The molecule has 4 heterocycles. The van der Waals surface area contributed by atoms with E-state index in [-0.39, 0.29) is 67.0 Å². The SMILES string of the molecule is CC.CC[C@H](C)[C@H](CC(=O)[C@H](CC1CCCCC1)NC(=O)c1ccno1)C(=O)NCc1cccc2c1OCO2.NCc1cccc2c1OCO2.O=Cc1cccc(O)c1O.O=Cc1cccc2c1OCO2. The van der Waals surface area contributed by atoms with Crippen molar-refractivity contribution in [1.29, 1.82) is 0 Å². The van der Waals surface area contributed by atoms with E-state index in [4.69, 9.17) is 48.9 Å². The Hall–Kier alpha value is -7.60. The Labute approximate surface area is 413 Å². The number of hydrogen-bond acceptors (Lipinski definition) is 16. The van der Waals surface area contributed by atoms with Crippen LogP contribution in [0.1, 0.15) is 121 Å². The van der Waals surface area contributed by atoms with Crippen LogP contribution in [0.5, 0.6) is 46.0 Å². The number of phenolic OH excluding ortho intramolecular Hbond substituents is 2. The number of aldehydes is 2. The summed E-state index contributed by atoms with van der Waals surface area (Å²) in [7, 11) is 0. The van der Waals surface area contributed by atoms with Crippen molar-refractivity contribution < 1.29 is 67.1 Å². The minimum atomic E-state index is -0.678. The number of nitrogens with two attached hydrogens (primary N) is 1. The van der Waals surface area contributed by atoms with Crippen LogP contribution in [-0.4, -0.2) is 72.0 Å². The Morgan fingerprint density at radius 2 is 1.31 bits per heavy atom. The van der Waals surface area contributed by atoms with Crippen molar-refractivity contribution in [3.05, 3.63) is 113 Å². The third kappa shape index (κ3) is 15.2. The summed E-state index contributed by atoms with van der Waals surface area (Å²) in [4.78, 5) is 60.2. The first-order valence-electron chi connectivity index (χ1n) is 23.8. The third-order valence-electron chi connectivity index (χ3n) is 12.1. The predicted octanol–water partition coefficient (Wildman–Crippen LogP) is 8.45. The molecule has 1 aromatic heterocycles. The highest BCUT2D eigenvalue weighted by Gasteiger charge is 2.33. The molecule has 380 valence electrons. The van der Waals surface area contributed by atoms with E-state index >= 15 is 0 Å². The van der Waals surface area contributed by atoms with E-state index in [9.17, 15) is 24.0 Å². The van der Waals surface area contributed by atoms with Crippen LogP contribution in [0, 0.1) is 17.8 Å². The van der Waals surface area contributed by atoms with Gasteiger partial charge in [0.25, 0.3) is 5.91 Å². The van der Waals surface area contributed by atoms with Crippen LogP contribution in [0.15, 0.2) is 89.6 Å². The van der Waals surface area contributed by atoms with Gasteiger partial charge in [-0.3, -0.25) is 24.0 Å². The highest BCUT2D eigenvalue weighted by molar-refractivity contribution is 5.97.